The molecule has 0 saturated carbocycles. The SMILES string of the molecule is CC(C)(C)OC(=O)N[C@@H]1CCN(c2ccc(C=O)cc2)C1. The van der Waals surface area contributed by atoms with Crippen molar-refractivity contribution in [2.24, 2.45) is 0 Å². The first kappa shape index (κ1) is 15.4. The van der Waals surface area contributed by atoms with E-state index in [1.807, 2.05) is 32.9 Å². The predicted molar refractivity (Wildman–Crippen MR) is 81.8 cm³/mol. The van der Waals surface area contributed by atoms with Crippen LogP contribution in [0.4, 0.5) is 10.5 Å². The molecule has 114 valence electrons. The molecule has 1 aliphatic heterocycles. The van der Waals surface area contributed by atoms with Crippen LogP contribution in [-0.2, 0) is 4.74 Å². The normalized spacial score (nSPS) is 18.4. The van der Waals surface area contributed by atoms with E-state index >= 15 is 0 Å². The Kier molecular flexibility index (Phi) is 4.50. The second-order valence-electron chi connectivity index (χ2n) is 6.29. The number of alkyl carbamates (subject to hydrolysis) is 1. The topological polar surface area (TPSA) is 58.6 Å². The molecule has 1 saturated heterocycles. The number of nitrogens with one attached hydrogen (secondary N) is 1. The van der Waals surface area contributed by atoms with E-state index in [1.165, 1.54) is 0 Å². The van der Waals surface area contributed by atoms with Gasteiger partial charge in [-0.1, -0.05) is 0 Å². The first-order valence-corrected chi connectivity index (χ1v) is 7.17. The summed E-state index contributed by atoms with van der Waals surface area (Å²) in [5.74, 6) is 0. The average molecular weight is 290 g/mol. The second-order valence-corrected chi connectivity index (χ2v) is 6.29. The molecule has 0 unspecified atom stereocenters. The summed E-state index contributed by atoms with van der Waals surface area (Å²) in [4.78, 5) is 24.6. The number of benzene rings is 1. The van der Waals surface area contributed by atoms with Crippen molar-refractivity contribution in [2.45, 2.75) is 38.8 Å². The third kappa shape index (κ3) is 4.48. The van der Waals surface area contributed by atoms with Gasteiger partial charge in [0, 0.05) is 24.3 Å². The number of hydrogen-bond acceptors (Lipinski definition) is 4. The molecule has 0 aromatic heterocycles. The molecule has 0 aliphatic carbocycles. The van der Waals surface area contributed by atoms with E-state index in [-0.39, 0.29) is 12.1 Å². The molecule has 1 amide bonds. The number of amides is 1. The molecule has 1 aromatic rings. The lowest BCUT2D eigenvalue weighted by atomic mass is 10.2. The number of rotatable bonds is 3. The van der Waals surface area contributed by atoms with Gasteiger partial charge in [0.15, 0.2) is 0 Å². The summed E-state index contributed by atoms with van der Waals surface area (Å²) >= 11 is 0. The molecule has 1 aliphatic rings. The third-order valence-corrected chi connectivity index (χ3v) is 3.30. The van der Waals surface area contributed by atoms with E-state index < -0.39 is 5.60 Å². The van der Waals surface area contributed by atoms with Crippen LogP contribution >= 0.6 is 0 Å². The zero-order valence-electron chi connectivity index (χ0n) is 12.8. The van der Waals surface area contributed by atoms with Crippen molar-refractivity contribution in [3.8, 4) is 0 Å². The van der Waals surface area contributed by atoms with Crippen LogP contribution in [0.2, 0.25) is 0 Å². The fourth-order valence-corrected chi connectivity index (χ4v) is 2.35. The highest BCUT2D eigenvalue weighted by Gasteiger charge is 2.26. The first-order chi connectivity index (χ1) is 9.87. The Morgan fingerprint density at radius 1 is 1.33 bits per heavy atom. The highest BCUT2D eigenvalue weighted by atomic mass is 16.6. The van der Waals surface area contributed by atoms with E-state index in [4.69, 9.17) is 4.74 Å². The van der Waals surface area contributed by atoms with Gasteiger partial charge in [0.25, 0.3) is 0 Å². The molecule has 2 rings (SSSR count). The molecule has 5 nitrogen and oxygen atoms in total. The zero-order valence-corrected chi connectivity index (χ0v) is 12.8. The minimum Gasteiger partial charge on any atom is -0.444 e. The standard InChI is InChI=1S/C16H22N2O3/c1-16(2,3)21-15(20)17-13-8-9-18(10-13)14-6-4-12(11-19)5-7-14/h4-7,11,13H,8-10H2,1-3H3,(H,17,20)/t13-/m1/s1. The predicted octanol–water partition coefficient (Wildman–Crippen LogP) is 2.60. The van der Waals surface area contributed by atoms with Crippen LogP contribution in [0.1, 0.15) is 37.6 Å². The molecule has 5 heteroatoms. The fraction of sp³-hybridized carbons (Fsp3) is 0.500. The molecule has 21 heavy (non-hydrogen) atoms. The second kappa shape index (κ2) is 6.16. The van der Waals surface area contributed by atoms with Gasteiger partial charge in [-0.2, -0.15) is 0 Å². The van der Waals surface area contributed by atoms with Crippen LogP contribution in [0.15, 0.2) is 24.3 Å². The molecule has 0 radical (unpaired) electrons. The molecule has 1 heterocycles. The van der Waals surface area contributed by atoms with Gasteiger partial charge in [-0.15, -0.1) is 0 Å². The van der Waals surface area contributed by atoms with Crippen LogP contribution in [0.25, 0.3) is 0 Å². The lowest BCUT2D eigenvalue weighted by molar-refractivity contribution is 0.0509. The lowest BCUT2D eigenvalue weighted by Crippen LogP contribution is -2.40. The van der Waals surface area contributed by atoms with Gasteiger partial charge in [-0.25, -0.2) is 4.79 Å². The molecule has 1 N–H and O–H groups in total. The van der Waals surface area contributed by atoms with E-state index in [0.717, 1.165) is 31.5 Å². The van der Waals surface area contributed by atoms with Crippen LogP contribution in [-0.4, -0.2) is 37.1 Å². The number of anilines is 1. The van der Waals surface area contributed by atoms with Gasteiger partial charge >= 0.3 is 6.09 Å². The largest absolute Gasteiger partial charge is 0.444 e. The van der Waals surface area contributed by atoms with E-state index in [2.05, 4.69) is 10.2 Å². The summed E-state index contributed by atoms with van der Waals surface area (Å²) < 4.78 is 5.26. The molecule has 1 aromatic carbocycles. The lowest BCUT2D eigenvalue weighted by Gasteiger charge is -2.22. The number of hydrogen-bond donors (Lipinski definition) is 1. The molecule has 0 bridgehead atoms. The first-order valence-electron chi connectivity index (χ1n) is 7.17. The van der Waals surface area contributed by atoms with Crippen LogP contribution in [0.3, 0.4) is 0 Å². The summed E-state index contributed by atoms with van der Waals surface area (Å²) in [5, 5.41) is 2.90. The van der Waals surface area contributed by atoms with Gasteiger partial charge < -0.3 is 15.0 Å². The average Bonchev–Trinajstić information content (AvgIpc) is 2.85. The number of aldehydes is 1. The van der Waals surface area contributed by atoms with Crippen molar-refractivity contribution < 1.29 is 14.3 Å². The Morgan fingerprint density at radius 3 is 2.57 bits per heavy atom. The molecule has 1 fully saturated rings. The Labute approximate surface area is 125 Å². The number of carbonyl (C=O) groups is 2. The minimum atomic E-state index is -0.479. The quantitative estimate of drug-likeness (QED) is 0.869. The fourth-order valence-electron chi connectivity index (χ4n) is 2.35. The van der Waals surface area contributed by atoms with Gasteiger partial charge in [-0.3, -0.25) is 4.79 Å². The maximum absolute atomic E-state index is 11.8. The Balaban J connectivity index is 1.88. The highest BCUT2D eigenvalue weighted by molar-refractivity contribution is 5.75. The third-order valence-electron chi connectivity index (χ3n) is 3.30. The summed E-state index contributed by atoms with van der Waals surface area (Å²) in [6.45, 7) is 7.17. The van der Waals surface area contributed by atoms with Crippen molar-refractivity contribution in [1.29, 1.82) is 0 Å². The van der Waals surface area contributed by atoms with Gasteiger partial charge in [0.1, 0.15) is 11.9 Å². The highest BCUT2D eigenvalue weighted by Crippen LogP contribution is 2.21. The van der Waals surface area contributed by atoms with Gasteiger partial charge in [-0.05, 0) is 51.5 Å². The smallest absolute Gasteiger partial charge is 0.407 e. The van der Waals surface area contributed by atoms with Crippen molar-refractivity contribution >= 4 is 18.1 Å². The van der Waals surface area contributed by atoms with Gasteiger partial charge in [0.2, 0.25) is 0 Å². The number of ether oxygens (including phenoxy) is 1. The van der Waals surface area contributed by atoms with Crippen molar-refractivity contribution in [3.63, 3.8) is 0 Å². The van der Waals surface area contributed by atoms with E-state index in [9.17, 15) is 9.59 Å². The van der Waals surface area contributed by atoms with Crippen LogP contribution in [0, 0.1) is 0 Å². The summed E-state index contributed by atoms with van der Waals surface area (Å²) in [7, 11) is 0. The maximum atomic E-state index is 11.8. The molecule has 0 spiro atoms. The molecule has 1 atom stereocenters. The summed E-state index contributed by atoms with van der Waals surface area (Å²) in [6.07, 6.45) is 1.35. The van der Waals surface area contributed by atoms with Crippen LogP contribution in [0.5, 0.6) is 0 Å². The Hall–Kier alpha value is -2.04. The monoisotopic (exact) mass is 290 g/mol. The Bertz CT molecular complexity index is 505. The van der Waals surface area contributed by atoms with Crippen molar-refractivity contribution in [3.05, 3.63) is 29.8 Å². The van der Waals surface area contributed by atoms with Crippen LogP contribution < -0.4 is 10.2 Å². The summed E-state index contributed by atoms with van der Waals surface area (Å²) in [6, 6.07) is 7.55. The van der Waals surface area contributed by atoms with E-state index in [1.54, 1.807) is 12.1 Å². The van der Waals surface area contributed by atoms with Crippen molar-refractivity contribution in [2.75, 3.05) is 18.0 Å². The van der Waals surface area contributed by atoms with Gasteiger partial charge in [0.05, 0.1) is 6.04 Å². The minimum absolute atomic E-state index is 0.0885. The molecular formula is C16H22N2O3. The summed E-state index contributed by atoms with van der Waals surface area (Å²) in [5.41, 5.74) is 1.25. The van der Waals surface area contributed by atoms with Crippen molar-refractivity contribution in [1.82, 2.24) is 5.32 Å². The molecular weight excluding hydrogens is 268 g/mol. The van der Waals surface area contributed by atoms with E-state index in [0.29, 0.717) is 5.56 Å². The Morgan fingerprint density at radius 2 is 2.00 bits per heavy atom. The zero-order chi connectivity index (χ0) is 15.5. The maximum Gasteiger partial charge on any atom is 0.407 e. The number of carbonyl (C=O) groups excluding carboxylic acids is 2. The number of nitrogens with zero attached hydrogens (tertiary/aromatic N) is 1.